The number of nitrogens with zero attached hydrogens (tertiary/aromatic N) is 1. The van der Waals surface area contributed by atoms with Crippen LogP contribution in [0.1, 0.15) is 11.6 Å². The van der Waals surface area contributed by atoms with Crippen LogP contribution in [0.3, 0.4) is 0 Å². The maximum absolute atomic E-state index is 13.4. The summed E-state index contributed by atoms with van der Waals surface area (Å²) in [7, 11) is 2.52. The quantitative estimate of drug-likeness (QED) is 0.752. The first kappa shape index (κ1) is 13.4. The molecule has 90 valence electrons. The molecule has 0 aromatic heterocycles. The fourth-order valence-electron chi connectivity index (χ4n) is 1.47. The van der Waals surface area contributed by atoms with Crippen LogP contribution in [0.2, 0.25) is 0 Å². The predicted molar refractivity (Wildman–Crippen MR) is 56.6 cm³/mol. The summed E-state index contributed by atoms with van der Waals surface area (Å²) < 4.78 is 52.0. The molecule has 1 aromatic carbocycles. The van der Waals surface area contributed by atoms with Crippen LogP contribution in [0.5, 0.6) is 0 Å². The molecule has 0 spiro atoms. The average Bonchev–Trinajstić information content (AvgIpc) is 2.08. The smallest absolute Gasteiger partial charge is 0.295 e. The molecular weight excluding hydrogens is 290 g/mol. The molecule has 0 saturated carbocycles. The van der Waals surface area contributed by atoms with Gasteiger partial charge in [-0.25, -0.2) is 4.39 Å². The topological polar surface area (TPSA) is 3.24 Å². The minimum atomic E-state index is -4.51. The second-order valence-electron chi connectivity index (χ2n) is 3.57. The summed E-state index contributed by atoms with van der Waals surface area (Å²) in [6.45, 7) is 0. The Morgan fingerprint density at radius 3 is 2.25 bits per heavy atom. The lowest BCUT2D eigenvalue weighted by Crippen LogP contribution is -2.34. The first-order valence-electron chi connectivity index (χ1n) is 4.41. The molecule has 0 aliphatic heterocycles. The molecule has 0 saturated heterocycles. The Bertz CT molecular complexity index is 376. The summed E-state index contributed by atoms with van der Waals surface area (Å²) in [6, 6.07) is 1.59. The summed E-state index contributed by atoms with van der Waals surface area (Å²) in [6.07, 6.45) is -4.51. The van der Waals surface area contributed by atoms with Crippen molar-refractivity contribution in [3.63, 3.8) is 0 Å². The van der Waals surface area contributed by atoms with Crippen molar-refractivity contribution in [2.24, 2.45) is 0 Å². The Kier molecular flexibility index (Phi) is 3.96. The molecule has 0 aliphatic carbocycles. The number of rotatable bonds is 2. The van der Waals surface area contributed by atoms with E-state index in [0.717, 1.165) is 17.0 Å². The van der Waals surface area contributed by atoms with Gasteiger partial charge < -0.3 is 0 Å². The molecule has 6 heteroatoms. The van der Waals surface area contributed by atoms with Crippen molar-refractivity contribution < 1.29 is 17.6 Å². The summed E-state index contributed by atoms with van der Waals surface area (Å²) in [5, 5.41) is 0. The molecule has 1 rings (SSSR count). The fourth-order valence-corrected chi connectivity index (χ4v) is 1.85. The van der Waals surface area contributed by atoms with Crippen LogP contribution in [-0.2, 0) is 0 Å². The molecule has 0 radical (unpaired) electrons. The van der Waals surface area contributed by atoms with Gasteiger partial charge in [0.2, 0.25) is 0 Å². The van der Waals surface area contributed by atoms with Crippen molar-refractivity contribution in [2.75, 3.05) is 14.1 Å². The summed E-state index contributed by atoms with van der Waals surface area (Å²) >= 11 is 3.03. The molecule has 0 N–H and O–H groups in total. The lowest BCUT2D eigenvalue weighted by Gasteiger charge is -2.27. The highest BCUT2D eigenvalue weighted by Crippen LogP contribution is 2.38. The van der Waals surface area contributed by atoms with Crippen LogP contribution in [0, 0.1) is 5.82 Å². The highest BCUT2D eigenvalue weighted by atomic mass is 79.9. The monoisotopic (exact) mass is 299 g/mol. The van der Waals surface area contributed by atoms with E-state index in [1.165, 1.54) is 20.2 Å². The third kappa shape index (κ3) is 2.95. The predicted octanol–water partition coefficient (Wildman–Crippen LogP) is 3.75. The van der Waals surface area contributed by atoms with E-state index >= 15 is 0 Å². The van der Waals surface area contributed by atoms with Crippen molar-refractivity contribution in [3.8, 4) is 0 Å². The van der Waals surface area contributed by atoms with Crippen LogP contribution < -0.4 is 0 Å². The molecule has 16 heavy (non-hydrogen) atoms. The zero-order chi connectivity index (χ0) is 12.5. The van der Waals surface area contributed by atoms with Crippen molar-refractivity contribution in [3.05, 3.63) is 34.1 Å². The van der Waals surface area contributed by atoms with Gasteiger partial charge in [0.1, 0.15) is 11.9 Å². The van der Waals surface area contributed by atoms with Gasteiger partial charge >= 0.3 is 6.18 Å². The Balaban J connectivity index is 3.26. The van der Waals surface area contributed by atoms with Crippen LogP contribution in [0.25, 0.3) is 0 Å². The lowest BCUT2D eigenvalue weighted by molar-refractivity contribution is -0.180. The average molecular weight is 300 g/mol. The largest absolute Gasteiger partial charge is 0.408 e. The number of hydrogen-bond acceptors (Lipinski definition) is 1. The summed E-state index contributed by atoms with van der Waals surface area (Å²) in [5.74, 6) is -0.862. The summed E-state index contributed by atoms with van der Waals surface area (Å²) in [4.78, 5) is 0.935. The third-order valence-electron chi connectivity index (χ3n) is 2.08. The van der Waals surface area contributed by atoms with E-state index in [2.05, 4.69) is 15.9 Å². The van der Waals surface area contributed by atoms with E-state index in [0.29, 0.717) is 4.47 Å². The maximum atomic E-state index is 13.4. The van der Waals surface area contributed by atoms with Gasteiger partial charge in [0.05, 0.1) is 0 Å². The number of halogens is 5. The number of alkyl halides is 3. The highest BCUT2D eigenvalue weighted by molar-refractivity contribution is 9.10. The Hall–Kier alpha value is -0.620. The standard InChI is InChI=1S/C10H10BrF4N/c1-16(2)9(10(13,14)15)7-5-6(11)3-4-8(7)12/h3-5,9H,1-2H3. The van der Waals surface area contributed by atoms with Gasteiger partial charge in [-0.1, -0.05) is 15.9 Å². The van der Waals surface area contributed by atoms with Gasteiger partial charge in [-0.15, -0.1) is 0 Å². The minimum absolute atomic E-state index is 0.383. The van der Waals surface area contributed by atoms with Crippen molar-refractivity contribution in [1.82, 2.24) is 4.90 Å². The van der Waals surface area contributed by atoms with Gasteiger partial charge in [-0.3, -0.25) is 4.90 Å². The van der Waals surface area contributed by atoms with E-state index in [9.17, 15) is 17.6 Å². The van der Waals surface area contributed by atoms with Crippen LogP contribution >= 0.6 is 15.9 Å². The Morgan fingerprint density at radius 1 is 1.25 bits per heavy atom. The van der Waals surface area contributed by atoms with Crippen LogP contribution in [-0.4, -0.2) is 25.2 Å². The van der Waals surface area contributed by atoms with Crippen molar-refractivity contribution in [1.29, 1.82) is 0 Å². The van der Waals surface area contributed by atoms with Crippen LogP contribution in [0.15, 0.2) is 22.7 Å². The molecule has 0 amide bonds. The van der Waals surface area contributed by atoms with E-state index in [1.54, 1.807) is 0 Å². The summed E-state index contributed by atoms with van der Waals surface area (Å²) in [5.41, 5.74) is -0.383. The first-order valence-corrected chi connectivity index (χ1v) is 5.21. The molecule has 1 nitrogen and oxygen atoms in total. The molecule has 0 bridgehead atoms. The SMILES string of the molecule is CN(C)C(c1cc(Br)ccc1F)C(F)(F)F. The van der Waals surface area contributed by atoms with Gasteiger partial charge in [-0.2, -0.15) is 13.2 Å². The zero-order valence-corrected chi connectivity index (χ0v) is 10.2. The van der Waals surface area contributed by atoms with Gasteiger partial charge in [0, 0.05) is 10.0 Å². The van der Waals surface area contributed by atoms with Crippen molar-refractivity contribution in [2.45, 2.75) is 12.2 Å². The number of benzene rings is 1. The highest BCUT2D eigenvalue weighted by Gasteiger charge is 2.43. The molecule has 1 atom stereocenters. The molecule has 1 unspecified atom stereocenters. The zero-order valence-electron chi connectivity index (χ0n) is 8.65. The van der Waals surface area contributed by atoms with Gasteiger partial charge in [-0.05, 0) is 32.3 Å². The van der Waals surface area contributed by atoms with E-state index < -0.39 is 18.0 Å². The number of hydrogen-bond donors (Lipinski definition) is 0. The second kappa shape index (κ2) is 4.71. The van der Waals surface area contributed by atoms with Crippen LogP contribution in [0.4, 0.5) is 17.6 Å². The van der Waals surface area contributed by atoms with Gasteiger partial charge in [0.25, 0.3) is 0 Å². The fraction of sp³-hybridized carbons (Fsp3) is 0.400. The lowest BCUT2D eigenvalue weighted by atomic mass is 10.1. The first-order chi connectivity index (χ1) is 7.23. The molecule has 1 aromatic rings. The van der Waals surface area contributed by atoms with E-state index in [4.69, 9.17) is 0 Å². The molecule has 0 heterocycles. The minimum Gasteiger partial charge on any atom is -0.295 e. The Morgan fingerprint density at radius 2 is 1.81 bits per heavy atom. The van der Waals surface area contributed by atoms with E-state index in [1.807, 2.05) is 0 Å². The third-order valence-corrected chi connectivity index (χ3v) is 2.57. The normalized spacial score (nSPS) is 14.2. The van der Waals surface area contributed by atoms with Crippen molar-refractivity contribution >= 4 is 15.9 Å². The molecular formula is C10H10BrF4N. The molecule has 0 aliphatic rings. The van der Waals surface area contributed by atoms with Gasteiger partial charge in [0.15, 0.2) is 0 Å². The maximum Gasteiger partial charge on any atom is 0.408 e. The molecule has 0 fully saturated rings. The van der Waals surface area contributed by atoms with E-state index in [-0.39, 0.29) is 5.56 Å². The Labute approximate surface area is 99.2 Å². The second-order valence-corrected chi connectivity index (χ2v) is 4.49.